The summed E-state index contributed by atoms with van der Waals surface area (Å²) in [5.74, 6) is -1.24. The summed E-state index contributed by atoms with van der Waals surface area (Å²) in [7, 11) is 0. The van der Waals surface area contributed by atoms with Gasteiger partial charge in [0.05, 0.1) is 24.3 Å². The highest BCUT2D eigenvalue weighted by Gasteiger charge is 2.24. The molecule has 7 heteroatoms. The number of carbonyl (C=O) groups is 3. The summed E-state index contributed by atoms with van der Waals surface area (Å²) in [5.41, 5.74) is 5.71. The van der Waals surface area contributed by atoms with Crippen LogP contribution in [0.1, 0.15) is 29.6 Å². The number of fused-ring (bicyclic) bond motifs is 1. The highest BCUT2D eigenvalue weighted by Crippen LogP contribution is 2.32. The van der Waals surface area contributed by atoms with Crippen molar-refractivity contribution in [3.63, 3.8) is 0 Å². The summed E-state index contributed by atoms with van der Waals surface area (Å²) >= 11 is 0. The third-order valence-electron chi connectivity index (χ3n) is 3.18. The maximum absolute atomic E-state index is 12.1. The Hall–Kier alpha value is -2.57. The number of primary amides is 1. The number of hydrogen-bond acceptors (Lipinski definition) is 4. The molecule has 21 heavy (non-hydrogen) atoms. The van der Waals surface area contributed by atoms with Crippen LogP contribution in [0.3, 0.4) is 0 Å². The van der Waals surface area contributed by atoms with Crippen LogP contribution in [0.4, 0.5) is 5.69 Å². The Morgan fingerprint density at radius 1 is 1.38 bits per heavy atom. The van der Waals surface area contributed by atoms with E-state index in [1.165, 1.54) is 17.0 Å². The fraction of sp³-hybridized carbons (Fsp3) is 0.357. The minimum absolute atomic E-state index is 0.0974. The van der Waals surface area contributed by atoms with Crippen LogP contribution in [0.25, 0.3) is 0 Å². The number of hydrogen-bond donors (Lipinski definition) is 2. The Bertz CT molecular complexity index is 585. The highest BCUT2D eigenvalue weighted by atomic mass is 16.5. The van der Waals surface area contributed by atoms with E-state index in [1.807, 2.05) is 0 Å². The number of carboxylic acids is 1. The van der Waals surface area contributed by atoms with E-state index in [2.05, 4.69) is 0 Å². The topological polar surface area (TPSA) is 110 Å². The number of anilines is 1. The van der Waals surface area contributed by atoms with Gasteiger partial charge in [-0.3, -0.25) is 9.59 Å². The van der Waals surface area contributed by atoms with Crippen LogP contribution in [-0.2, 0) is 9.59 Å². The van der Waals surface area contributed by atoms with E-state index in [-0.39, 0.29) is 30.9 Å². The van der Waals surface area contributed by atoms with Gasteiger partial charge in [0.15, 0.2) is 0 Å². The van der Waals surface area contributed by atoms with Crippen molar-refractivity contribution >= 4 is 23.5 Å². The van der Waals surface area contributed by atoms with Crippen LogP contribution in [-0.4, -0.2) is 36.0 Å². The van der Waals surface area contributed by atoms with E-state index in [1.54, 1.807) is 6.07 Å². The monoisotopic (exact) mass is 292 g/mol. The smallest absolute Gasteiger partial charge is 0.335 e. The molecule has 1 aliphatic rings. The summed E-state index contributed by atoms with van der Waals surface area (Å²) in [5, 5.41) is 8.99. The maximum atomic E-state index is 12.1. The van der Waals surface area contributed by atoms with Crippen molar-refractivity contribution in [3.8, 4) is 5.75 Å². The van der Waals surface area contributed by atoms with Gasteiger partial charge in [-0.15, -0.1) is 0 Å². The zero-order valence-corrected chi connectivity index (χ0v) is 11.4. The van der Waals surface area contributed by atoms with Crippen molar-refractivity contribution in [3.05, 3.63) is 23.8 Å². The van der Waals surface area contributed by atoms with Crippen LogP contribution in [0.15, 0.2) is 18.2 Å². The molecule has 0 aliphatic carbocycles. The molecule has 0 bridgehead atoms. The average Bonchev–Trinajstić information content (AvgIpc) is 2.57. The minimum Gasteiger partial charge on any atom is -0.491 e. The molecule has 0 saturated heterocycles. The van der Waals surface area contributed by atoms with Gasteiger partial charge >= 0.3 is 5.97 Å². The second-order valence-electron chi connectivity index (χ2n) is 4.70. The molecule has 1 aromatic rings. The Morgan fingerprint density at radius 2 is 2.14 bits per heavy atom. The number of aromatic carboxylic acids is 1. The van der Waals surface area contributed by atoms with Crippen molar-refractivity contribution in [2.75, 3.05) is 18.1 Å². The van der Waals surface area contributed by atoms with E-state index >= 15 is 0 Å². The van der Waals surface area contributed by atoms with Crippen LogP contribution in [0.2, 0.25) is 0 Å². The SMILES string of the molecule is NC(=O)CCCN1C(=O)CCOc2cc(C(=O)O)ccc21. The number of amides is 2. The van der Waals surface area contributed by atoms with E-state index in [0.29, 0.717) is 24.4 Å². The molecule has 2 amide bonds. The molecule has 0 fully saturated rings. The lowest BCUT2D eigenvalue weighted by molar-refractivity contribution is -0.120. The van der Waals surface area contributed by atoms with Crippen molar-refractivity contribution < 1.29 is 24.2 Å². The van der Waals surface area contributed by atoms with Gasteiger partial charge < -0.3 is 20.5 Å². The van der Waals surface area contributed by atoms with Gasteiger partial charge in [0.2, 0.25) is 11.8 Å². The maximum Gasteiger partial charge on any atom is 0.335 e. The number of ether oxygens (including phenoxy) is 1. The number of benzene rings is 1. The number of carbonyl (C=O) groups excluding carboxylic acids is 2. The Balaban J connectivity index is 2.26. The third kappa shape index (κ3) is 3.50. The third-order valence-corrected chi connectivity index (χ3v) is 3.18. The van der Waals surface area contributed by atoms with Gasteiger partial charge in [0.25, 0.3) is 0 Å². The molecule has 0 spiro atoms. The second-order valence-corrected chi connectivity index (χ2v) is 4.70. The first-order valence-electron chi connectivity index (χ1n) is 6.58. The first-order valence-corrected chi connectivity index (χ1v) is 6.58. The van der Waals surface area contributed by atoms with E-state index in [9.17, 15) is 14.4 Å². The number of nitrogens with two attached hydrogens (primary N) is 1. The second kappa shape index (κ2) is 6.25. The van der Waals surface area contributed by atoms with E-state index in [0.717, 1.165) is 0 Å². The van der Waals surface area contributed by atoms with Crippen molar-refractivity contribution in [1.29, 1.82) is 0 Å². The molecule has 0 aromatic heterocycles. The van der Waals surface area contributed by atoms with Crippen LogP contribution < -0.4 is 15.4 Å². The normalized spacial score (nSPS) is 14.1. The van der Waals surface area contributed by atoms with Crippen LogP contribution in [0, 0.1) is 0 Å². The molecule has 2 rings (SSSR count). The number of carboxylic acid groups (broad SMARTS) is 1. The summed E-state index contributed by atoms with van der Waals surface area (Å²) in [6.45, 7) is 0.534. The molecule has 7 nitrogen and oxygen atoms in total. The Kier molecular flexibility index (Phi) is 4.42. The van der Waals surface area contributed by atoms with Crippen LogP contribution in [0.5, 0.6) is 5.75 Å². The van der Waals surface area contributed by atoms with Gasteiger partial charge in [-0.1, -0.05) is 0 Å². The minimum atomic E-state index is -1.06. The molecule has 112 valence electrons. The number of rotatable bonds is 5. The van der Waals surface area contributed by atoms with Crippen molar-refractivity contribution in [2.24, 2.45) is 5.73 Å². The molecular weight excluding hydrogens is 276 g/mol. The largest absolute Gasteiger partial charge is 0.491 e. The zero-order valence-electron chi connectivity index (χ0n) is 11.4. The Morgan fingerprint density at radius 3 is 2.81 bits per heavy atom. The van der Waals surface area contributed by atoms with Gasteiger partial charge in [-0.25, -0.2) is 4.79 Å². The molecule has 1 aromatic carbocycles. The van der Waals surface area contributed by atoms with Gasteiger partial charge in [-0.05, 0) is 24.6 Å². The highest BCUT2D eigenvalue weighted by molar-refractivity contribution is 5.97. The summed E-state index contributed by atoms with van der Waals surface area (Å²) in [4.78, 5) is 35.4. The fourth-order valence-electron chi connectivity index (χ4n) is 2.16. The summed E-state index contributed by atoms with van der Waals surface area (Å²) in [6.07, 6.45) is 0.835. The number of nitrogens with zero attached hydrogens (tertiary/aromatic N) is 1. The van der Waals surface area contributed by atoms with Crippen LogP contribution >= 0.6 is 0 Å². The predicted octanol–water partition coefficient (Wildman–Crippen LogP) is 0.766. The van der Waals surface area contributed by atoms with E-state index in [4.69, 9.17) is 15.6 Å². The molecule has 0 atom stereocenters. The summed E-state index contributed by atoms with van der Waals surface area (Å²) < 4.78 is 5.45. The zero-order chi connectivity index (χ0) is 15.4. The lowest BCUT2D eigenvalue weighted by Crippen LogP contribution is -2.31. The molecule has 0 unspecified atom stereocenters. The molecule has 1 aliphatic heterocycles. The molecule has 1 heterocycles. The van der Waals surface area contributed by atoms with E-state index < -0.39 is 11.9 Å². The van der Waals surface area contributed by atoms with Gasteiger partial charge in [0, 0.05) is 13.0 Å². The van der Waals surface area contributed by atoms with Crippen molar-refractivity contribution in [1.82, 2.24) is 0 Å². The van der Waals surface area contributed by atoms with Gasteiger partial charge in [-0.2, -0.15) is 0 Å². The average molecular weight is 292 g/mol. The molecule has 3 N–H and O–H groups in total. The molecule has 0 radical (unpaired) electrons. The first-order chi connectivity index (χ1) is 9.99. The Labute approximate surface area is 121 Å². The molecular formula is C14H16N2O5. The van der Waals surface area contributed by atoms with Crippen molar-refractivity contribution in [2.45, 2.75) is 19.3 Å². The van der Waals surface area contributed by atoms with Gasteiger partial charge in [0.1, 0.15) is 5.75 Å². The standard InChI is InChI=1S/C14H16N2O5/c15-12(17)2-1-6-16-10-4-3-9(14(19)20)8-11(10)21-7-5-13(16)18/h3-4,8H,1-2,5-7H2,(H2,15,17)(H,19,20). The predicted molar refractivity (Wildman–Crippen MR) is 74.3 cm³/mol. The lowest BCUT2D eigenvalue weighted by Gasteiger charge is -2.21. The quantitative estimate of drug-likeness (QED) is 0.832. The lowest BCUT2D eigenvalue weighted by atomic mass is 10.1. The summed E-state index contributed by atoms with van der Waals surface area (Å²) in [6, 6.07) is 4.37. The fourth-order valence-corrected chi connectivity index (χ4v) is 2.16. The molecule has 0 saturated carbocycles. The first kappa shape index (κ1) is 14.8.